The topological polar surface area (TPSA) is 104 Å². The maximum absolute atomic E-state index is 12.1. The van der Waals surface area contributed by atoms with E-state index >= 15 is 0 Å². The first-order valence-electron chi connectivity index (χ1n) is 6.52. The first-order valence-corrected chi connectivity index (χ1v) is 7.71. The number of hydrogen-bond acceptors (Lipinski definition) is 5. The van der Waals surface area contributed by atoms with E-state index in [1.54, 1.807) is 0 Å². The molecule has 0 fully saturated rings. The lowest BCUT2D eigenvalue weighted by molar-refractivity contribution is 0.0958. The van der Waals surface area contributed by atoms with Crippen LogP contribution in [0.25, 0.3) is 0 Å². The Morgan fingerprint density at radius 2 is 2.23 bits per heavy atom. The van der Waals surface area contributed by atoms with Crippen LogP contribution < -0.4 is 16.2 Å². The molecule has 0 aliphatic carbocycles. The van der Waals surface area contributed by atoms with Gasteiger partial charge in [0.1, 0.15) is 9.90 Å². The molecule has 0 bridgehead atoms. The van der Waals surface area contributed by atoms with Crippen molar-refractivity contribution < 1.29 is 9.59 Å². The van der Waals surface area contributed by atoms with Crippen molar-refractivity contribution in [2.45, 2.75) is 12.8 Å². The fourth-order valence-corrected chi connectivity index (χ4v) is 3.14. The van der Waals surface area contributed by atoms with E-state index in [9.17, 15) is 14.4 Å². The Hall–Kier alpha value is -2.19. The van der Waals surface area contributed by atoms with Crippen molar-refractivity contribution in [2.75, 3.05) is 11.9 Å². The number of pyridine rings is 1. The van der Waals surface area contributed by atoms with Crippen LogP contribution in [0.15, 0.2) is 17.1 Å². The monoisotopic (exact) mass is 338 g/mol. The number of halogens is 1. The highest BCUT2D eigenvalue weighted by molar-refractivity contribution is 7.17. The lowest BCUT2D eigenvalue weighted by atomic mass is 10.2. The molecule has 0 saturated carbocycles. The van der Waals surface area contributed by atoms with Crippen molar-refractivity contribution in [2.24, 2.45) is 0 Å². The zero-order chi connectivity index (χ0) is 15.7. The number of H-pyrrole nitrogens is 1. The summed E-state index contributed by atoms with van der Waals surface area (Å²) < 4.78 is 0. The smallest absolute Gasteiger partial charge is 0.266 e. The quantitative estimate of drug-likeness (QED) is 0.770. The zero-order valence-corrected chi connectivity index (χ0v) is 12.8. The van der Waals surface area contributed by atoms with Crippen LogP contribution in [0.1, 0.15) is 32.1 Å². The molecular weight excluding hydrogens is 328 g/mol. The van der Waals surface area contributed by atoms with Gasteiger partial charge < -0.3 is 10.3 Å². The van der Waals surface area contributed by atoms with Crippen molar-refractivity contribution in [1.29, 1.82) is 0 Å². The molecular formula is C13H11ClN4O3S. The summed E-state index contributed by atoms with van der Waals surface area (Å²) in [6.07, 6.45) is 2.77. The maximum Gasteiger partial charge on any atom is 0.266 e. The zero-order valence-electron chi connectivity index (χ0n) is 11.2. The molecule has 2 aromatic heterocycles. The fraction of sp³-hybridized carbons (Fsp3) is 0.231. The minimum Gasteiger partial charge on any atom is -0.351 e. The van der Waals surface area contributed by atoms with Gasteiger partial charge in [0.05, 0.1) is 11.3 Å². The van der Waals surface area contributed by atoms with Gasteiger partial charge in [-0.25, -0.2) is 4.98 Å². The molecule has 3 heterocycles. The minimum atomic E-state index is -0.462. The van der Waals surface area contributed by atoms with Crippen LogP contribution in [0.2, 0.25) is 5.02 Å². The summed E-state index contributed by atoms with van der Waals surface area (Å²) in [6, 6.07) is 1.28. The van der Waals surface area contributed by atoms with Crippen LogP contribution in [0.4, 0.5) is 5.13 Å². The van der Waals surface area contributed by atoms with Gasteiger partial charge in [-0.1, -0.05) is 22.9 Å². The van der Waals surface area contributed by atoms with Crippen LogP contribution in [0, 0.1) is 0 Å². The molecule has 0 aromatic carbocycles. The van der Waals surface area contributed by atoms with Crippen LogP contribution in [-0.2, 0) is 6.42 Å². The number of nitrogens with one attached hydrogen (secondary N) is 3. The van der Waals surface area contributed by atoms with E-state index < -0.39 is 11.5 Å². The van der Waals surface area contributed by atoms with Crippen LogP contribution in [-0.4, -0.2) is 28.3 Å². The van der Waals surface area contributed by atoms with Gasteiger partial charge in [-0.15, -0.1) is 0 Å². The van der Waals surface area contributed by atoms with Gasteiger partial charge in [0.2, 0.25) is 0 Å². The average Bonchev–Trinajstić information content (AvgIpc) is 2.81. The Balaban J connectivity index is 1.82. The summed E-state index contributed by atoms with van der Waals surface area (Å²) in [7, 11) is 0. The predicted octanol–water partition coefficient (Wildman–Crippen LogP) is 1.41. The van der Waals surface area contributed by atoms with Crippen LogP contribution in [0.5, 0.6) is 0 Å². The number of nitrogens with zero attached hydrogens (tertiary/aromatic N) is 1. The van der Waals surface area contributed by atoms with E-state index in [1.165, 1.54) is 12.3 Å². The van der Waals surface area contributed by atoms with Gasteiger partial charge in [0.15, 0.2) is 5.13 Å². The summed E-state index contributed by atoms with van der Waals surface area (Å²) in [5, 5.41) is 5.66. The standard InChI is InChI=1S/C13H11ClN4O3S/c14-7-4-6(5-16-11(7)20)10(19)18-13-17-8-2-1-3-15-12(21)9(8)22-13/h4-5H,1-3H2,(H,15,21)(H,16,20)(H,17,18,19). The van der Waals surface area contributed by atoms with E-state index in [2.05, 4.69) is 20.6 Å². The molecule has 22 heavy (non-hydrogen) atoms. The Labute approximate surface area is 133 Å². The maximum atomic E-state index is 12.1. The second kappa shape index (κ2) is 5.90. The fourth-order valence-electron chi connectivity index (χ4n) is 2.05. The summed E-state index contributed by atoms with van der Waals surface area (Å²) in [5.74, 6) is -0.625. The molecule has 0 atom stereocenters. The number of thiazole rings is 1. The molecule has 9 heteroatoms. The third-order valence-corrected chi connectivity index (χ3v) is 4.41. The molecule has 1 aliphatic heterocycles. The number of carbonyl (C=O) groups excluding carboxylic acids is 2. The first-order chi connectivity index (χ1) is 10.5. The van der Waals surface area contributed by atoms with E-state index in [4.69, 9.17) is 11.6 Å². The van der Waals surface area contributed by atoms with Gasteiger partial charge in [-0.3, -0.25) is 19.7 Å². The summed E-state index contributed by atoms with van der Waals surface area (Å²) in [4.78, 5) is 42.3. The number of rotatable bonds is 2. The third kappa shape index (κ3) is 2.88. The van der Waals surface area contributed by atoms with Crippen molar-refractivity contribution >= 4 is 39.9 Å². The largest absolute Gasteiger partial charge is 0.351 e. The minimum absolute atomic E-state index is 0.0676. The molecule has 7 nitrogen and oxygen atoms in total. The highest BCUT2D eigenvalue weighted by atomic mass is 35.5. The summed E-state index contributed by atoms with van der Waals surface area (Å²) >= 11 is 6.82. The highest BCUT2D eigenvalue weighted by Gasteiger charge is 2.21. The Morgan fingerprint density at radius 3 is 3.00 bits per heavy atom. The number of carbonyl (C=O) groups is 2. The summed E-state index contributed by atoms with van der Waals surface area (Å²) in [5.41, 5.74) is 0.435. The molecule has 1 aliphatic rings. The molecule has 3 N–H and O–H groups in total. The second-order valence-electron chi connectivity index (χ2n) is 4.67. The molecule has 0 radical (unpaired) electrons. The van der Waals surface area contributed by atoms with Crippen LogP contribution >= 0.6 is 22.9 Å². The van der Waals surface area contributed by atoms with E-state index in [0.717, 1.165) is 17.8 Å². The lowest BCUT2D eigenvalue weighted by Crippen LogP contribution is -2.21. The van der Waals surface area contributed by atoms with Crippen molar-refractivity contribution in [3.05, 3.63) is 43.8 Å². The van der Waals surface area contributed by atoms with Gasteiger partial charge >= 0.3 is 0 Å². The Morgan fingerprint density at radius 1 is 1.41 bits per heavy atom. The predicted molar refractivity (Wildman–Crippen MR) is 82.8 cm³/mol. The highest BCUT2D eigenvalue weighted by Crippen LogP contribution is 2.26. The summed E-state index contributed by atoms with van der Waals surface area (Å²) in [6.45, 7) is 0.624. The SMILES string of the molecule is O=C(Nc1nc2c(s1)C(=O)NCCC2)c1c[nH]c(=O)c(Cl)c1. The first kappa shape index (κ1) is 14.7. The normalized spacial score (nSPS) is 14.0. The van der Waals surface area contributed by atoms with Gasteiger partial charge in [0, 0.05) is 12.7 Å². The van der Waals surface area contributed by atoms with E-state index in [-0.39, 0.29) is 16.5 Å². The Kier molecular flexibility index (Phi) is 3.95. The molecule has 2 amide bonds. The Bertz CT molecular complexity index is 814. The van der Waals surface area contributed by atoms with Crippen molar-refractivity contribution in [3.8, 4) is 0 Å². The van der Waals surface area contributed by atoms with E-state index in [1.807, 2.05) is 0 Å². The van der Waals surface area contributed by atoms with Crippen molar-refractivity contribution in [1.82, 2.24) is 15.3 Å². The van der Waals surface area contributed by atoms with Gasteiger partial charge in [-0.05, 0) is 18.9 Å². The number of aromatic amines is 1. The number of aryl methyl sites for hydroxylation is 1. The average molecular weight is 339 g/mol. The van der Waals surface area contributed by atoms with Gasteiger partial charge in [0.25, 0.3) is 17.4 Å². The van der Waals surface area contributed by atoms with E-state index in [0.29, 0.717) is 28.7 Å². The van der Waals surface area contributed by atoms with Crippen molar-refractivity contribution in [3.63, 3.8) is 0 Å². The van der Waals surface area contributed by atoms with Crippen LogP contribution in [0.3, 0.4) is 0 Å². The van der Waals surface area contributed by atoms with Gasteiger partial charge in [-0.2, -0.15) is 0 Å². The molecule has 2 aromatic rings. The molecule has 0 spiro atoms. The molecule has 0 saturated heterocycles. The second-order valence-corrected chi connectivity index (χ2v) is 6.08. The number of amides is 2. The number of anilines is 1. The number of aromatic nitrogens is 2. The lowest BCUT2D eigenvalue weighted by Gasteiger charge is -2.02. The molecule has 3 rings (SSSR count). The molecule has 0 unspecified atom stereocenters. The third-order valence-electron chi connectivity index (χ3n) is 3.12. The number of hydrogen-bond donors (Lipinski definition) is 3. The molecule has 114 valence electrons. The number of fused-ring (bicyclic) bond motifs is 1.